The van der Waals surface area contributed by atoms with Crippen molar-refractivity contribution in [3.05, 3.63) is 131 Å². The molecule has 2 aromatic heterocycles. The van der Waals surface area contributed by atoms with E-state index in [9.17, 15) is 5.26 Å². The first kappa shape index (κ1) is 22.6. The molecule has 0 spiro atoms. The van der Waals surface area contributed by atoms with Crippen molar-refractivity contribution in [3.8, 4) is 6.07 Å². The van der Waals surface area contributed by atoms with E-state index < -0.39 is 0 Å². The molecule has 8 rings (SSSR count). The zero-order chi connectivity index (χ0) is 27.8. The van der Waals surface area contributed by atoms with Crippen LogP contribution in [0.4, 0.5) is 17.1 Å². The van der Waals surface area contributed by atoms with Gasteiger partial charge < -0.3 is 4.40 Å². The molecule has 184 valence electrons. The molecule has 0 radical (unpaired) electrons. The third-order valence-electron chi connectivity index (χ3n) is 8.20. The van der Waals surface area contributed by atoms with Crippen molar-refractivity contribution in [1.29, 1.82) is 5.26 Å². The lowest BCUT2D eigenvalue weighted by Gasteiger charge is -2.18. The van der Waals surface area contributed by atoms with Crippen LogP contribution in [0, 0.1) is 31.0 Å². The van der Waals surface area contributed by atoms with Gasteiger partial charge in [0.25, 0.3) is 0 Å². The minimum Gasteiger partial charge on any atom is -0.309 e. The van der Waals surface area contributed by atoms with Gasteiger partial charge in [-0.1, -0.05) is 72.8 Å². The molecule has 0 unspecified atom stereocenters. The largest absolute Gasteiger partial charge is 0.309 e. The molecule has 5 nitrogen and oxygen atoms in total. The van der Waals surface area contributed by atoms with E-state index in [1.54, 1.807) is 0 Å². The van der Waals surface area contributed by atoms with Gasteiger partial charge in [0.2, 0.25) is 11.4 Å². The molecule has 0 bridgehead atoms. The maximum Gasteiger partial charge on any atom is 0.202 e. The molecule has 0 aliphatic heterocycles. The van der Waals surface area contributed by atoms with Crippen LogP contribution >= 0.6 is 0 Å². The zero-order valence-corrected chi connectivity index (χ0v) is 21.4. The molecule has 41 heavy (non-hydrogen) atoms. The number of hydrogen-bond acceptors (Lipinski definition) is 1. The number of aromatic nitrogens is 1. The van der Waals surface area contributed by atoms with Gasteiger partial charge in [0, 0.05) is 21.5 Å². The molecule has 0 saturated heterocycles. The number of nitrogens with zero attached hydrogens (tertiary/aromatic N) is 5. The summed E-state index contributed by atoms with van der Waals surface area (Å²) in [5, 5.41) is 19.9. The van der Waals surface area contributed by atoms with Gasteiger partial charge in [0.1, 0.15) is 0 Å². The van der Waals surface area contributed by atoms with Crippen LogP contribution in [0.1, 0.15) is 5.56 Å². The van der Waals surface area contributed by atoms with Crippen molar-refractivity contribution >= 4 is 87.5 Å². The fourth-order valence-electron chi connectivity index (χ4n) is 6.59. The van der Waals surface area contributed by atoms with E-state index in [2.05, 4.69) is 79.6 Å². The smallest absolute Gasteiger partial charge is 0.202 e. The van der Waals surface area contributed by atoms with Gasteiger partial charge in [-0.2, -0.15) is 5.26 Å². The Hall–Kier alpha value is -6.40. The predicted molar refractivity (Wildman–Crippen MR) is 166 cm³/mol. The van der Waals surface area contributed by atoms with Crippen LogP contribution in [-0.2, 0) is 0 Å². The Kier molecular flexibility index (Phi) is 4.43. The average Bonchev–Trinajstić information content (AvgIpc) is 3.42. The van der Waals surface area contributed by atoms with Crippen molar-refractivity contribution in [1.82, 2.24) is 4.40 Å². The van der Waals surface area contributed by atoms with Gasteiger partial charge in [-0.25, -0.2) is 0 Å². The topological polar surface area (TPSA) is 41.3 Å². The highest BCUT2D eigenvalue weighted by Crippen LogP contribution is 2.50. The predicted octanol–water partition coefficient (Wildman–Crippen LogP) is 10.4. The van der Waals surface area contributed by atoms with Crippen LogP contribution in [0.2, 0.25) is 0 Å². The van der Waals surface area contributed by atoms with Crippen LogP contribution in [0.25, 0.3) is 84.9 Å². The summed E-state index contributed by atoms with van der Waals surface area (Å²) >= 11 is 0. The molecule has 0 saturated carbocycles. The Morgan fingerprint density at radius 3 is 1.78 bits per heavy atom. The van der Waals surface area contributed by atoms with Gasteiger partial charge >= 0.3 is 0 Å². The number of hydrogen-bond donors (Lipinski definition) is 0. The lowest BCUT2D eigenvalue weighted by atomic mass is 9.90. The number of benzene rings is 6. The number of fused-ring (bicyclic) bond motifs is 14. The van der Waals surface area contributed by atoms with E-state index in [0.29, 0.717) is 10.8 Å². The molecule has 0 atom stereocenters. The van der Waals surface area contributed by atoms with E-state index >= 15 is 0 Å². The molecule has 0 N–H and O–H groups in total. The highest BCUT2D eigenvalue weighted by molar-refractivity contribution is 6.36. The molecule has 0 aliphatic carbocycles. The molecular weight excluding hydrogens is 502 g/mol. The molecular formula is C36H15N5. The summed E-state index contributed by atoms with van der Waals surface area (Å²) in [5.41, 5.74) is 3.05. The highest BCUT2D eigenvalue weighted by Gasteiger charge is 2.23. The standard InChI is InChI=1S/C36H15N5/c1-38-34-26-17-27-30(18-25(26)28(19-37)35(39-2)36(34)40-3)41-29-15-9-4-10-20(29)16-31(41)33-24-14-8-6-12-22(24)21-11-5-7-13-23(21)32(27)33/h4-18H. The minimum absolute atomic E-state index is 0.0637. The number of nitriles is 1. The highest BCUT2D eigenvalue weighted by atomic mass is 14.9. The van der Waals surface area contributed by atoms with Crippen LogP contribution < -0.4 is 0 Å². The van der Waals surface area contributed by atoms with Gasteiger partial charge in [-0.3, -0.25) is 14.5 Å². The maximum absolute atomic E-state index is 10.2. The lowest BCUT2D eigenvalue weighted by Crippen LogP contribution is -1.94. The Balaban J connectivity index is 1.81. The summed E-state index contributed by atoms with van der Waals surface area (Å²) in [5.74, 6) is 0. The first-order valence-electron chi connectivity index (χ1n) is 13.0. The van der Waals surface area contributed by atoms with Crippen molar-refractivity contribution in [2.45, 2.75) is 0 Å². The Bertz CT molecular complexity index is 2680. The maximum atomic E-state index is 10.2. The van der Waals surface area contributed by atoms with Gasteiger partial charge in [0.05, 0.1) is 47.9 Å². The first-order chi connectivity index (χ1) is 20.2. The number of pyridine rings is 1. The average molecular weight is 518 g/mol. The third kappa shape index (κ3) is 2.74. The lowest BCUT2D eigenvalue weighted by molar-refractivity contribution is 1.35. The summed E-state index contributed by atoms with van der Waals surface area (Å²) in [6.07, 6.45) is 0. The number of para-hydroxylation sites is 1. The summed E-state index contributed by atoms with van der Waals surface area (Å²) in [7, 11) is 0. The third-order valence-corrected chi connectivity index (χ3v) is 8.20. The first-order valence-corrected chi connectivity index (χ1v) is 13.0. The van der Waals surface area contributed by atoms with Crippen LogP contribution in [0.5, 0.6) is 0 Å². The van der Waals surface area contributed by atoms with Gasteiger partial charge in [0.15, 0.2) is 5.69 Å². The van der Waals surface area contributed by atoms with Crippen molar-refractivity contribution in [2.24, 2.45) is 0 Å². The fourth-order valence-corrected chi connectivity index (χ4v) is 6.59. The van der Waals surface area contributed by atoms with E-state index in [1.807, 2.05) is 36.4 Å². The molecule has 2 heterocycles. The van der Waals surface area contributed by atoms with Crippen LogP contribution in [0.3, 0.4) is 0 Å². The summed E-state index contributed by atoms with van der Waals surface area (Å²) < 4.78 is 2.23. The second-order valence-electron chi connectivity index (χ2n) is 10.0. The molecule has 5 heteroatoms. The van der Waals surface area contributed by atoms with E-state index in [0.717, 1.165) is 59.6 Å². The van der Waals surface area contributed by atoms with Crippen LogP contribution in [0.15, 0.2) is 91.0 Å². The monoisotopic (exact) mass is 517 g/mol. The van der Waals surface area contributed by atoms with E-state index in [4.69, 9.17) is 19.7 Å². The SMILES string of the molecule is [C-]#[N+]c1c([N+]#[C-])c([N+]#[C-])c2cc3c4c5ccccc5c5ccccc5c4c4cc5ccccc5n4c3cc2c1C#N. The zero-order valence-electron chi connectivity index (χ0n) is 21.4. The van der Waals surface area contributed by atoms with Crippen molar-refractivity contribution in [2.75, 3.05) is 0 Å². The summed E-state index contributed by atoms with van der Waals surface area (Å²) in [6.45, 7) is 23.5. The number of rotatable bonds is 0. The van der Waals surface area contributed by atoms with Crippen molar-refractivity contribution < 1.29 is 0 Å². The minimum atomic E-state index is -0.0643. The summed E-state index contributed by atoms with van der Waals surface area (Å²) in [6, 6.07) is 33.3. The quantitative estimate of drug-likeness (QED) is 0.112. The molecule has 0 aliphatic rings. The molecule has 6 aromatic carbocycles. The Morgan fingerprint density at radius 1 is 0.512 bits per heavy atom. The molecule has 8 aromatic rings. The van der Waals surface area contributed by atoms with Gasteiger partial charge in [-0.05, 0) is 50.5 Å². The Labute approximate surface area is 233 Å². The van der Waals surface area contributed by atoms with Crippen molar-refractivity contribution in [3.63, 3.8) is 0 Å². The van der Waals surface area contributed by atoms with E-state index in [-0.39, 0.29) is 22.6 Å². The summed E-state index contributed by atoms with van der Waals surface area (Å²) in [4.78, 5) is 10.8. The second kappa shape index (κ2) is 8.05. The Morgan fingerprint density at radius 2 is 1.12 bits per heavy atom. The molecule has 0 amide bonds. The second-order valence-corrected chi connectivity index (χ2v) is 10.0. The van der Waals surface area contributed by atoms with E-state index in [1.165, 1.54) is 0 Å². The fraction of sp³-hybridized carbons (Fsp3) is 0. The normalized spacial score (nSPS) is 11.3. The van der Waals surface area contributed by atoms with Gasteiger partial charge in [-0.15, -0.1) is 0 Å². The van der Waals surface area contributed by atoms with Crippen LogP contribution in [-0.4, -0.2) is 4.40 Å². The molecule has 0 fully saturated rings.